The van der Waals surface area contributed by atoms with Crippen LogP contribution < -0.4 is 22.5 Å². The van der Waals surface area contributed by atoms with E-state index in [4.69, 9.17) is 17.2 Å². The van der Waals surface area contributed by atoms with Crippen LogP contribution in [0.4, 0.5) is 0 Å². The Bertz CT molecular complexity index is 1590. The highest BCUT2D eigenvalue weighted by molar-refractivity contribution is 5.92. The van der Waals surface area contributed by atoms with Crippen molar-refractivity contribution in [3.05, 3.63) is 71.8 Å². The van der Waals surface area contributed by atoms with E-state index in [2.05, 4.69) is 5.32 Å². The van der Waals surface area contributed by atoms with Gasteiger partial charge in [0.25, 0.3) is 0 Å². The number of nitrogens with two attached hydrogens (primary N) is 3. The van der Waals surface area contributed by atoms with E-state index in [1.165, 1.54) is 24.5 Å². The SMILES string of the molecule is CC(C)CN(CC(=O)N(CC(N)=O)[C@@H](C)c1ccccc1)C(=O)CN(CCCCN)C(=O)CN(C(=O)CN(CC(C)C)C(=O)CNCCCCN)[C@@H](C)c1ccccc1. The van der Waals surface area contributed by atoms with E-state index in [1.54, 1.807) is 6.92 Å². The lowest BCUT2D eigenvalue weighted by atomic mass is 10.1. The number of hydrogen-bond acceptors (Lipinski definition) is 9. The molecule has 0 aliphatic carbocycles. The second kappa shape index (κ2) is 27.0. The quantitative estimate of drug-likeness (QED) is 0.0929. The predicted molar refractivity (Wildman–Crippen MR) is 231 cm³/mol. The van der Waals surface area contributed by atoms with Crippen molar-refractivity contribution in [2.45, 2.75) is 79.3 Å². The molecule has 0 aliphatic heterocycles. The third-order valence-corrected chi connectivity index (χ3v) is 9.95. The van der Waals surface area contributed by atoms with Crippen LogP contribution in [0.3, 0.4) is 0 Å². The molecule has 15 nitrogen and oxygen atoms in total. The molecule has 0 bridgehead atoms. The van der Waals surface area contributed by atoms with E-state index in [0.29, 0.717) is 39.0 Å². The van der Waals surface area contributed by atoms with Crippen LogP contribution in [0.2, 0.25) is 0 Å². The van der Waals surface area contributed by atoms with E-state index < -0.39 is 41.6 Å². The molecule has 0 saturated carbocycles. The number of benzene rings is 2. The maximum absolute atomic E-state index is 14.4. The molecule has 2 atom stereocenters. The lowest BCUT2D eigenvalue weighted by Crippen LogP contribution is -2.52. The molecule has 7 N–H and O–H groups in total. The molecule has 2 aromatic carbocycles. The Kier molecular flexibility index (Phi) is 23.0. The Morgan fingerprint density at radius 1 is 0.525 bits per heavy atom. The summed E-state index contributed by atoms with van der Waals surface area (Å²) in [6.45, 7) is 12.2. The summed E-state index contributed by atoms with van der Waals surface area (Å²) >= 11 is 0. The number of hydrogen-bond donors (Lipinski definition) is 4. The Morgan fingerprint density at radius 3 is 1.41 bits per heavy atom. The number of primary amides is 1. The molecule has 2 aromatic rings. The molecule has 0 radical (unpaired) electrons. The summed E-state index contributed by atoms with van der Waals surface area (Å²) in [7, 11) is 0. The standard InChI is InChI=1S/C44H71N9O6/c1-33(2)26-50(40(55)25-48-23-15-13-21-45)30-44(59)53(36(6)38-19-11-8-12-20-38)32-42(57)49(24-16-14-22-46)29-41(56)51(27-34(3)4)31-43(58)52(28-39(47)54)35(5)37-17-9-7-10-18-37/h7-12,17-20,33-36,48H,13-16,21-32,45-46H2,1-6H3,(H2,47,54)/t35-,36-/m0/s1. The second-order valence-electron chi connectivity index (χ2n) is 16.0. The van der Waals surface area contributed by atoms with Gasteiger partial charge >= 0.3 is 0 Å². The van der Waals surface area contributed by atoms with E-state index >= 15 is 0 Å². The van der Waals surface area contributed by atoms with Gasteiger partial charge in [-0.05, 0) is 82.1 Å². The third-order valence-electron chi connectivity index (χ3n) is 9.95. The fourth-order valence-corrected chi connectivity index (χ4v) is 6.72. The first-order chi connectivity index (χ1) is 28.1. The second-order valence-corrected chi connectivity index (χ2v) is 16.0. The van der Waals surface area contributed by atoms with Crippen molar-refractivity contribution in [3.63, 3.8) is 0 Å². The van der Waals surface area contributed by atoms with Crippen molar-refractivity contribution < 1.29 is 28.8 Å². The summed E-state index contributed by atoms with van der Waals surface area (Å²) in [6.07, 6.45) is 2.77. The first-order valence-corrected chi connectivity index (χ1v) is 21.0. The lowest BCUT2D eigenvalue weighted by Gasteiger charge is -2.35. The van der Waals surface area contributed by atoms with Crippen LogP contribution in [0, 0.1) is 11.8 Å². The highest BCUT2D eigenvalue weighted by Gasteiger charge is 2.32. The molecule has 0 spiro atoms. The largest absolute Gasteiger partial charge is 0.368 e. The Morgan fingerprint density at radius 2 is 0.949 bits per heavy atom. The zero-order chi connectivity index (χ0) is 43.9. The molecule has 328 valence electrons. The minimum Gasteiger partial charge on any atom is -0.368 e. The summed E-state index contributed by atoms with van der Waals surface area (Å²) in [5, 5.41) is 3.15. The number of carbonyl (C=O) groups is 6. The van der Waals surface area contributed by atoms with E-state index in [0.717, 1.165) is 24.0 Å². The van der Waals surface area contributed by atoms with Crippen LogP contribution in [0.25, 0.3) is 0 Å². The summed E-state index contributed by atoms with van der Waals surface area (Å²) in [5.41, 5.74) is 18.6. The Hall–Kier alpha value is -4.86. The van der Waals surface area contributed by atoms with Crippen molar-refractivity contribution in [2.24, 2.45) is 29.0 Å². The fraction of sp³-hybridized carbons (Fsp3) is 0.591. The zero-order valence-corrected chi connectivity index (χ0v) is 36.3. The summed E-state index contributed by atoms with van der Waals surface area (Å²) < 4.78 is 0. The molecule has 6 amide bonds. The van der Waals surface area contributed by atoms with Crippen LogP contribution >= 0.6 is 0 Å². The summed E-state index contributed by atoms with van der Waals surface area (Å²) in [5.74, 6) is -2.64. The van der Waals surface area contributed by atoms with E-state index in [9.17, 15) is 28.8 Å². The van der Waals surface area contributed by atoms with Gasteiger partial charge in [-0.15, -0.1) is 0 Å². The molecule has 0 heterocycles. The van der Waals surface area contributed by atoms with Gasteiger partial charge in [0.2, 0.25) is 35.4 Å². The van der Waals surface area contributed by atoms with Gasteiger partial charge in [-0.1, -0.05) is 88.4 Å². The fourth-order valence-electron chi connectivity index (χ4n) is 6.72. The van der Waals surface area contributed by atoms with Crippen LogP contribution in [-0.4, -0.2) is 138 Å². The van der Waals surface area contributed by atoms with Gasteiger partial charge in [-0.2, -0.15) is 0 Å². The highest BCUT2D eigenvalue weighted by Crippen LogP contribution is 2.22. The number of rotatable bonds is 28. The van der Waals surface area contributed by atoms with Gasteiger partial charge in [0.05, 0.1) is 44.8 Å². The number of unbranched alkanes of at least 4 members (excludes halogenated alkanes) is 2. The number of carbonyl (C=O) groups excluding carboxylic acids is 6. The van der Waals surface area contributed by atoms with Crippen LogP contribution in [-0.2, 0) is 28.8 Å². The molecule has 15 heteroatoms. The Labute approximate surface area is 352 Å². The number of amides is 6. The van der Waals surface area contributed by atoms with Gasteiger partial charge in [0, 0.05) is 19.6 Å². The van der Waals surface area contributed by atoms with Gasteiger partial charge in [-0.3, -0.25) is 28.8 Å². The van der Waals surface area contributed by atoms with Crippen molar-refractivity contribution in [3.8, 4) is 0 Å². The lowest BCUT2D eigenvalue weighted by molar-refractivity contribution is -0.149. The number of nitrogens with one attached hydrogen (secondary N) is 1. The smallest absolute Gasteiger partial charge is 0.243 e. The van der Waals surface area contributed by atoms with Gasteiger partial charge in [-0.25, -0.2) is 0 Å². The molecule has 59 heavy (non-hydrogen) atoms. The van der Waals surface area contributed by atoms with Gasteiger partial charge < -0.3 is 47.0 Å². The molecule has 0 aliphatic rings. The molecular weight excluding hydrogens is 751 g/mol. The maximum atomic E-state index is 14.4. The Balaban J connectivity index is 2.41. The van der Waals surface area contributed by atoms with Crippen LogP contribution in [0.1, 0.15) is 90.4 Å². The normalized spacial score (nSPS) is 12.2. The average Bonchev–Trinajstić information content (AvgIpc) is 3.20. The van der Waals surface area contributed by atoms with Gasteiger partial charge in [0.15, 0.2) is 0 Å². The number of nitrogens with zero attached hydrogens (tertiary/aromatic N) is 5. The molecule has 0 unspecified atom stereocenters. The van der Waals surface area contributed by atoms with E-state index in [-0.39, 0.29) is 70.1 Å². The van der Waals surface area contributed by atoms with Crippen molar-refractivity contribution in [1.29, 1.82) is 0 Å². The summed E-state index contributed by atoms with van der Waals surface area (Å²) in [6, 6.07) is 17.5. The maximum Gasteiger partial charge on any atom is 0.243 e. The molecule has 2 rings (SSSR count). The van der Waals surface area contributed by atoms with Crippen molar-refractivity contribution >= 4 is 35.4 Å². The average molecular weight is 822 g/mol. The first kappa shape index (κ1) is 50.3. The minimum atomic E-state index is -0.685. The highest BCUT2D eigenvalue weighted by atomic mass is 16.2. The first-order valence-electron chi connectivity index (χ1n) is 21.0. The van der Waals surface area contributed by atoms with Crippen molar-refractivity contribution in [2.75, 3.05) is 78.5 Å². The van der Waals surface area contributed by atoms with Crippen molar-refractivity contribution in [1.82, 2.24) is 29.8 Å². The van der Waals surface area contributed by atoms with E-state index in [1.807, 2.05) is 95.3 Å². The molecular formula is C44H71N9O6. The molecule has 0 saturated heterocycles. The topological polar surface area (TPSA) is 209 Å². The minimum absolute atomic E-state index is 0.0262. The summed E-state index contributed by atoms with van der Waals surface area (Å²) in [4.78, 5) is 89.5. The zero-order valence-electron chi connectivity index (χ0n) is 36.3. The van der Waals surface area contributed by atoms with Gasteiger partial charge in [0.1, 0.15) is 6.54 Å². The third kappa shape index (κ3) is 18.3. The predicted octanol–water partition coefficient (Wildman–Crippen LogP) is 2.52. The van der Waals surface area contributed by atoms with Crippen LogP contribution in [0.15, 0.2) is 60.7 Å². The van der Waals surface area contributed by atoms with Crippen LogP contribution in [0.5, 0.6) is 0 Å². The molecule has 0 aromatic heterocycles. The monoisotopic (exact) mass is 822 g/mol. The molecule has 0 fully saturated rings.